The maximum Gasteiger partial charge on any atom is 0.133 e. The number of ether oxygens (including phenoxy) is 2. The van der Waals surface area contributed by atoms with Gasteiger partial charge in [0.05, 0.1) is 13.2 Å². The summed E-state index contributed by atoms with van der Waals surface area (Å²) in [5.74, 6) is 4.69. The molecule has 0 saturated carbocycles. The number of unbranched alkanes of at least 4 members (excludes halogenated alkanes) is 1. The lowest BCUT2D eigenvalue weighted by Gasteiger charge is -2.09. The molecule has 4 heteroatoms. The number of hydrogen-bond donors (Lipinski definition) is 0. The van der Waals surface area contributed by atoms with E-state index in [-0.39, 0.29) is 34.7 Å². The highest BCUT2D eigenvalue weighted by molar-refractivity contribution is 7.96. The van der Waals surface area contributed by atoms with E-state index in [1.165, 1.54) is 46.8 Å². The summed E-state index contributed by atoms with van der Waals surface area (Å²) in [5.41, 5.74) is 4.05. The van der Waals surface area contributed by atoms with Crippen molar-refractivity contribution in [3.8, 4) is 5.75 Å². The first-order valence-electron chi connectivity index (χ1n) is 10.3. The first-order chi connectivity index (χ1) is 13.2. The SMILES string of the molecule is C.C.C.CCCCc1ccc(OCCOCc2ccc(C[S+](CC)CC)cc2)cc1.[Cl-]. The van der Waals surface area contributed by atoms with Crippen LogP contribution in [0.3, 0.4) is 0 Å². The van der Waals surface area contributed by atoms with Crippen LogP contribution in [0.1, 0.15) is 72.6 Å². The Morgan fingerprint density at radius 2 is 1.26 bits per heavy atom. The maximum atomic E-state index is 5.77. The van der Waals surface area contributed by atoms with Crippen molar-refractivity contribution in [2.45, 2.75) is 74.7 Å². The Morgan fingerprint density at radius 3 is 1.81 bits per heavy atom. The van der Waals surface area contributed by atoms with Crippen LogP contribution in [0.4, 0.5) is 0 Å². The minimum atomic E-state index is 0. The van der Waals surface area contributed by atoms with Gasteiger partial charge in [-0.2, -0.15) is 0 Å². The van der Waals surface area contributed by atoms with E-state index in [0.29, 0.717) is 30.7 Å². The first-order valence-corrected chi connectivity index (χ1v) is 12.0. The molecule has 180 valence electrons. The highest BCUT2D eigenvalue weighted by atomic mass is 35.5. The molecule has 31 heavy (non-hydrogen) atoms. The number of rotatable bonds is 13. The first kappa shape index (κ1) is 34.5. The third kappa shape index (κ3) is 13.8. The molecule has 2 aromatic carbocycles. The van der Waals surface area contributed by atoms with E-state index in [9.17, 15) is 0 Å². The molecule has 2 aromatic rings. The quantitative estimate of drug-likeness (QED) is 0.312. The van der Waals surface area contributed by atoms with Crippen molar-refractivity contribution in [3.05, 3.63) is 65.2 Å². The summed E-state index contributed by atoms with van der Waals surface area (Å²) in [7, 11) is 0.526. The molecule has 0 unspecified atom stereocenters. The van der Waals surface area contributed by atoms with E-state index in [0.717, 1.165) is 12.2 Å². The Labute approximate surface area is 202 Å². The Bertz CT molecular complexity index is 625. The second-order valence-corrected chi connectivity index (χ2v) is 9.47. The zero-order valence-corrected chi connectivity index (χ0v) is 19.2. The molecular formula is C27H47ClO2S. The van der Waals surface area contributed by atoms with E-state index in [4.69, 9.17) is 9.47 Å². The lowest BCUT2D eigenvalue weighted by molar-refractivity contribution is -0.00000758. The normalized spacial score (nSPS) is 9.68. The van der Waals surface area contributed by atoms with E-state index in [2.05, 4.69) is 69.3 Å². The summed E-state index contributed by atoms with van der Waals surface area (Å²) in [6, 6.07) is 17.3. The van der Waals surface area contributed by atoms with Crippen LogP contribution in [0, 0.1) is 0 Å². The molecule has 0 aromatic heterocycles. The third-order valence-electron chi connectivity index (χ3n) is 4.72. The summed E-state index contributed by atoms with van der Waals surface area (Å²) in [6.07, 6.45) is 3.63. The molecule has 0 amide bonds. The van der Waals surface area contributed by atoms with E-state index in [1.807, 2.05) is 0 Å². The molecule has 0 bridgehead atoms. The zero-order chi connectivity index (χ0) is 19.3. The summed E-state index contributed by atoms with van der Waals surface area (Å²) < 4.78 is 11.5. The fourth-order valence-corrected chi connectivity index (χ4v) is 4.40. The molecule has 2 rings (SSSR count). The number of halogens is 1. The van der Waals surface area contributed by atoms with Crippen LogP contribution < -0.4 is 17.1 Å². The summed E-state index contributed by atoms with van der Waals surface area (Å²) in [5, 5.41) is 0. The minimum absolute atomic E-state index is 0. The molecule has 0 aliphatic rings. The van der Waals surface area contributed by atoms with Crippen LogP contribution in [0.5, 0.6) is 5.75 Å². The monoisotopic (exact) mass is 470 g/mol. The third-order valence-corrected chi connectivity index (χ3v) is 7.09. The van der Waals surface area contributed by atoms with Crippen molar-refractivity contribution in [2.24, 2.45) is 0 Å². The van der Waals surface area contributed by atoms with Gasteiger partial charge in [0.2, 0.25) is 0 Å². The summed E-state index contributed by atoms with van der Waals surface area (Å²) in [4.78, 5) is 0. The average Bonchev–Trinajstić information content (AvgIpc) is 2.72. The molecule has 0 saturated heterocycles. The van der Waals surface area contributed by atoms with Gasteiger partial charge in [0.1, 0.15) is 29.6 Å². The fraction of sp³-hybridized carbons (Fsp3) is 0.556. The van der Waals surface area contributed by atoms with E-state index < -0.39 is 0 Å². The van der Waals surface area contributed by atoms with Gasteiger partial charge >= 0.3 is 0 Å². The molecule has 0 aliphatic carbocycles. The Balaban J connectivity index is -0.00000196. The smallest absolute Gasteiger partial charge is 0.133 e. The van der Waals surface area contributed by atoms with Gasteiger partial charge < -0.3 is 21.9 Å². The van der Waals surface area contributed by atoms with Gasteiger partial charge in [-0.25, -0.2) is 0 Å². The molecule has 2 nitrogen and oxygen atoms in total. The van der Waals surface area contributed by atoms with Gasteiger partial charge in [-0.05, 0) is 60.8 Å². The Hall–Kier alpha value is -1.16. The van der Waals surface area contributed by atoms with Crippen LogP contribution in [-0.2, 0) is 34.4 Å². The standard InChI is InChI=1S/C24H35O2S.3CH4.ClH/c1-4-7-8-21-13-15-24(16-14-21)26-18-17-25-19-22-9-11-23(12-10-22)20-27(5-2)6-3;;;;/h9-16H,4-8,17-20H2,1-3H3;3*1H4;1H/q+1;;;;/p-1. The molecular weight excluding hydrogens is 424 g/mol. The van der Waals surface area contributed by atoms with E-state index >= 15 is 0 Å². The summed E-state index contributed by atoms with van der Waals surface area (Å²) >= 11 is 0. The van der Waals surface area contributed by atoms with Crippen molar-refractivity contribution in [3.63, 3.8) is 0 Å². The highest BCUT2D eigenvalue weighted by Gasteiger charge is 2.12. The fourth-order valence-electron chi connectivity index (χ4n) is 2.92. The van der Waals surface area contributed by atoms with Gasteiger partial charge in [-0.15, -0.1) is 0 Å². The van der Waals surface area contributed by atoms with Crippen molar-refractivity contribution < 1.29 is 21.9 Å². The summed E-state index contributed by atoms with van der Waals surface area (Å²) in [6.45, 7) is 8.64. The Morgan fingerprint density at radius 1 is 0.710 bits per heavy atom. The number of hydrogen-bond acceptors (Lipinski definition) is 2. The van der Waals surface area contributed by atoms with Crippen LogP contribution in [0.2, 0.25) is 0 Å². The lowest BCUT2D eigenvalue weighted by Crippen LogP contribution is -3.00. The average molecular weight is 471 g/mol. The van der Waals surface area contributed by atoms with Crippen molar-refractivity contribution in [1.82, 2.24) is 0 Å². The zero-order valence-electron chi connectivity index (χ0n) is 17.6. The molecule has 0 aliphatic heterocycles. The number of benzene rings is 2. The lowest BCUT2D eigenvalue weighted by atomic mass is 10.1. The highest BCUT2D eigenvalue weighted by Crippen LogP contribution is 2.14. The second-order valence-electron chi connectivity index (χ2n) is 6.80. The van der Waals surface area contributed by atoms with Crippen LogP contribution in [0.25, 0.3) is 0 Å². The number of aryl methyl sites for hydroxylation is 1. The van der Waals surface area contributed by atoms with Crippen molar-refractivity contribution in [1.29, 1.82) is 0 Å². The second kappa shape index (κ2) is 20.7. The van der Waals surface area contributed by atoms with Gasteiger partial charge in [-0.1, -0.05) is 72.0 Å². The van der Waals surface area contributed by atoms with Gasteiger partial charge in [0.15, 0.2) is 0 Å². The topological polar surface area (TPSA) is 18.5 Å². The minimum Gasteiger partial charge on any atom is -1.00 e. The van der Waals surface area contributed by atoms with Crippen molar-refractivity contribution in [2.75, 3.05) is 24.7 Å². The van der Waals surface area contributed by atoms with Crippen LogP contribution >= 0.6 is 0 Å². The Kier molecular flexibility index (Phi) is 23.0. The molecule has 0 N–H and O–H groups in total. The molecule has 0 atom stereocenters. The van der Waals surface area contributed by atoms with Gasteiger partial charge in [0.25, 0.3) is 0 Å². The van der Waals surface area contributed by atoms with E-state index in [1.54, 1.807) is 0 Å². The van der Waals surface area contributed by atoms with Crippen LogP contribution in [0.15, 0.2) is 48.5 Å². The maximum absolute atomic E-state index is 5.77. The van der Waals surface area contributed by atoms with Gasteiger partial charge in [0, 0.05) is 5.56 Å². The molecule has 0 heterocycles. The molecule has 0 radical (unpaired) electrons. The van der Waals surface area contributed by atoms with Crippen LogP contribution in [-0.4, -0.2) is 24.7 Å². The predicted molar refractivity (Wildman–Crippen MR) is 139 cm³/mol. The predicted octanol–water partition coefficient (Wildman–Crippen LogP) is 4.70. The molecule has 0 spiro atoms. The largest absolute Gasteiger partial charge is 1.00 e. The van der Waals surface area contributed by atoms with Crippen molar-refractivity contribution >= 4 is 10.9 Å². The molecule has 0 fully saturated rings. The van der Waals surface area contributed by atoms with Gasteiger partial charge in [-0.3, -0.25) is 0 Å².